The molecule has 0 spiro atoms. The topological polar surface area (TPSA) is 58.4 Å². The standard InChI is InChI=1S/C20H25N3O/c1-15-6-5-9-18(14-15)22-17-10-12-23(13-11-17)19(20(21)24)16-7-3-2-4-8-16/h2-9,14,17,19,22H,10-13H2,1H3,(H2,21,24). The number of piperidine rings is 1. The second kappa shape index (κ2) is 7.49. The Morgan fingerprint density at radius 1 is 1.12 bits per heavy atom. The molecule has 0 aromatic heterocycles. The number of likely N-dealkylation sites (tertiary alicyclic amines) is 1. The van der Waals surface area contributed by atoms with E-state index in [0.717, 1.165) is 31.5 Å². The van der Waals surface area contributed by atoms with Crippen molar-refractivity contribution < 1.29 is 4.79 Å². The van der Waals surface area contributed by atoms with E-state index in [2.05, 4.69) is 41.4 Å². The van der Waals surface area contributed by atoms with E-state index in [1.165, 1.54) is 11.3 Å². The van der Waals surface area contributed by atoms with Gasteiger partial charge in [-0.2, -0.15) is 0 Å². The summed E-state index contributed by atoms with van der Waals surface area (Å²) in [6.45, 7) is 3.84. The van der Waals surface area contributed by atoms with Gasteiger partial charge in [-0.1, -0.05) is 42.5 Å². The van der Waals surface area contributed by atoms with Crippen LogP contribution in [0.2, 0.25) is 0 Å². The third-order valence-corrected chi connectivity index (χ3v) is 4.67. The van der Waals surface area contributed by atoms with Crippen molar-refractivity contribution in [1.29, 1.82) is 0 Å². The van der Waals surface area contributed by atoms with Crippen LogP contribution in [-0.4, -0.2) is 29.9 Å². The zero-order valence-electron chi connectivity index (χ0n) is 14.1. The minimum absolute atomic E-state index is 0.272. The second-order valence-corrected chi connectivity index (χ2v) is 6.54. The molecule has 1 amide bonds. The van der Waals surface area contributed by atoms with Crippen molar-refractivity contribution in [1.82, 2.24) is 4.90 Å². The molecular weight excluding hydrogens is 298 g/mol. The highest BCUT2D eigenvalue weighted by Gasteiger charge is 2.29. The SMILES string of the molecule is Cc1cccc(NC2CCN(C(C(N)=O)c3ccccc3)CC2)c1. The lowest BCUT2D eigenvalue weighted by Crippen LogP contribution is -2.45. The van der Waals surface area contributed by atoms with Crippen molar-refractivity contribution in [2.75, 3.05) is 18.4 Å². The van der Waals surface area contributed by atoms with Gasteiger partial charge in [-0.3, -0.25) is 9.69 Å². The van der Waals surface area contributed by atoms with Gasteiger partial charge in [-0.15, -0.1) is 0 Å². The maximum absolute atomic E-state index is 12.0. The fourth-order valence-electron chi connectivity index (χ4n) is 3.46. The van der Waals surface area contributed by atoms with E-state index in [1.54, 1.807) is 0 Å². The summed E-state index contributed by atoms with van der Waals surface area (Å²) in [5.41, 5.74) is 9.09. The Kier molecular flexibility index (Phi) is 5.16. The zero-order chi connectivity index (χ0) is 16.9. The van der Waals surface area contributed by atoms with Gasteiger partial charge in [0.1, 0.15) is 6.04 Å². The number of aryl methyl sites for hydroxylation is 1. The molecule has 126 valence electrons. The summed E-state index contributed by atoms with van der Waals surface area (Å²) in [5, 5.41) is 3.61. The van der Waals surface area contributed by atoms with Crippen LogP contribution in [0.1, 0.15) is 30.0 Å². The molecule has 1 fully saturated rings. The molecule has 1 saturated heterocycles. The first-order chi connectivity index (χ1) is 11.6. The Morgan fingerprint density at radius 3 is 2.46 bits per heavy atom. The summed E-state index contributed by atoms with van der Waals surface area (Å²) in [4.78, 5) is 14.2. The van der Waals surface area contributed by atoms with Crippen molar-refractivity contribution >= 4 is 11.6 Å². The smallest absolute Gasteiger partial charge is 0.239 e. The van der Waals surface area contributed by atoms with Crippen molar-refractivity contribution in [2.24, 2.45) is 5.73 Å². The molecule has 1 unspecified atom stereocenters. The van der Waals surface area contributed by atoms with E-state index in [4.69, 9.17) is 5.73 Å². The molecular formula is C20H25N3O. The van der Waals surface area contributed by atoms with Gasteiger partial charge < -0.3 is 11.1 Å². The molecule has 3 N–H and O–H groups in total. The summed E-state index contributed by atoms with van der Waals surface area (Å²) < 4.78 is 0. The fraction of sp³-hybridized carbons (Fsp3) is 0.350. The van der Waals surface area contributed by atoms with Crippen LogP contribution in [0.25, 0.3) is 0 Å². The fourth-order valence-corrected chi connectivity index (χ4v) is 3.46. The highest BCUT2D eigenvalue weighted by Crippen LogP contribution is 2.26. The number of carbonyl (C=O) groups is 1. The number of nitrogens with zero attached hydrogens (tertiary/aromatic N) is 1. The van der Waals surface area contributed by atoms with Crippen molar-refractivity contribution in [3.8, 4) is 0 Å². The number of carbonyl (C=O) groups excluding carboxylic acids is 1. The number of primary amides is 1. The summed E-state index contributed by atoms with van der Waals surface area (Å²) in [7, 11) is 0. The highest BCUT2D eigenvalue weighted by atomic mass is 16.1. The summed E-state index contributed by atoms with van der Waals surface area (Å²) in [5.74, 6) is -0.272. The molecule has 24 heavy (non-hydrogen) atoms. The molecule has 0 saturated carbocycles. The lowest BCUT2D eigenvalue weighted by molar-refractivity contribution is -0.123. The van der Waals surface area contributed by atoms with Crippen LogP contribution in [0.4, 0.5) is 5.69 Å². The van der Waals surface area contributed by atoms with Crippen LogP contribution in [0.3, 0.4) is 0 Å². The molecule has 1 aliphatic heterocycles. The van der Waals surface area contributed by atoms with Crippen molar-refractivity contribution in [3.05, 3.63) is 65.7 Å². The minimum atomic E-state index is -0.328. The number of anilines is 1. The maximum Gasteiger partial charge on any atom is 0.239 e. The lowest BCUT2D eigenvalue weighted by atomic mass is 9.98. The molecule has 3 rings (SSSR count). The average molecular weight is 323 g/mol. The monoisotopic (exact) mass is 323 g/mol. The van der Waals surface area contributed by atoms with Gasteiger partial charge in [0, 0.05) is 24.8 Å². The third kappa shape index (κ3) is 3.95. The Balaban J connectivity index is 1.62. The molecule has 0 bridgehead atoms. The van der Waals surface area contributed by atoms with E-state index in [-0.39, 0.29) is 11.9 Å². The third-order valence-electron chi connectivity index (χ3n) is 4.67. The molecule has 4 nitrogen and oxygen atoms in total. The zero-order valence-corrected chi connectivity index (χ0v) is 14.1. The maximum atomic E-state index is 12.0. The molecule has 0 aliphatic carbocycles. The average Bonchev–Trinajstić information content (AvgIpc) is 2.57. The van der Waals surface area contributed by atoms with Crippen molar-refractivity contribution in [2.45, 2.75) is 31.8 Å². The number of rotatable bonds is 5. The second-order valence-electron chi connectivity index (χ2n) is 6.54. The van der Waals surface area contributed by atoms with Gasteiger partial charge in [-0.25, -0.2) is 0 Å². The summed E-state index contributed by atoms with van der Waals surface area (Å²) >= 11 is 0. The van der Waals surface area contributed by atoms with E-state index >= 15 is 0 Å². The quantitative estimate of drug-likeness (QED) is 0.889. The molecule has 4 heteroatoms. The van der Waals surface area contributed by atoms with Gasteiger partial charge >= 0.3 is 0 Å². The number of nitrogens with two attached hydrogens (primary N) is 1. The lowest BCUT2D eigenvalue weighted by Gasteiger charge is -2.37. The summed E-state index contributed by atoms with van der Waals surface area (Å²) in [6.07, 6.45) is 2.01. The van der Waals surface area contributed by atoms with Gasteiger partial charge in [0.25, 0.3) is 0 Å². The number of hydrogen-bond donors (Lipinski definition) is 2. The number of amides is 1. The van der Waals surface area contributed by atoms with Crippen molar-refractivity contribution in [3.63, 3.8) is 0 Å². The van der Waals surface area contributed by atoms with Gasteiger partial charge in [0.05, 0.1) is 0 Å². The Morgan fingerprint density at radius 2 is 1.83 bits per heavy atom. The van der Waals surface area contributed by atoms with E-state index < -0.39 is 0 Å². The molecule has 1 heterocycles. The normalized spacial score (nSPS) is 17.4. The van der Waals surface area contributed by atoms with Gasteiger partial charge in [0.2, 0.25) is 5.91 Å². The largest absolute Gasteiger partial charge is 0.382 e. The molecule has 2 aromatic carbocycles. The van der Waals surface area contributed by atoms with E-state index in [9.17, 15) is 4.79 Å². The Bertz CT molecular complexity index is 678. The van der Waals surface area contributed by atoms with Gasteiger partial charge in [0.15, 0.2) is 0 Å². The predicted octanol–water partition coefficient (Wildman–Crippen LogP) is 3.10. The van der Waals surface area contributed by atoms with Crippen LogP contribution in [0.5, 0.6) is 0 Å². The van der Waals surface area contributed by atoms with Gasteiger partial charge in [-0.05, 0) is 43.0 Å². The Labute approximate surface area is 143 Å². The molecule has 1 aliphatic rings. The molecule has 1 atom stereocenters. The number of benzene rings is 2. The predicted molar refractivity (Wildman–Crippen MR) is 97.8 cm³/mol. The summed E-state index contributed by atoms with van der Waals surface area (Å²) in [6, 6.07) is 18.4. The molecule has 2 aromatic rings. The van der Waals surface area contributed by atoms with E-state index in [1.807, 2.05) is 30.3 Å². The van der Waals surface area contributed by atoms with Crippen LogP contribution >= 0.6 is 0 Å². The van der Waals surface area contributed by atoms with Crippen LogP contribution in [-0.2, 0) is 4.79 Å². The number of hydrogen-bond acceptors (Lipinski definition) is 3. The first-order valence-corrected chi connectivity index (χ1v) is 8.55. The Hall–Kier alpha value is -2.33. The number of nitrogens with one attached hydrogen (secondary N) is 1. The molecule has 0 radical (unpaired) electrons. The van der Waals surface area contributed by atoms with Crippen LogP contribution in [0, 0.1) is 6.92 Å². The first-order valence-electron chi connectivity index (χ1n) is 8.55. The van der Waals surface area contributed by atoms with Crippen LogP contribution < -0.4 is 11.1 Å². The van der Waals surface area contributed by atoms with Crippen LogP contribution in [0.15, 0.2) is 54.6 Å². The van der Waals surface area contributed by atoms with E-state index in [0.29, 0.717) is 6.04 Å². The highest BCUT2D eigenvalue weighted by molar-refractivity contribution is 5.81. The minimum Gasteiger partial charge on any atom is -0.382 e. The first kappa shape index (κ1) is 16.5.